The summed E-state index contributed by atoms with van der Waals surface area (Å²) in [6.45, 7) is 78.1. The molecule has 0 aliphatic rings. The van der Waals surface area contributed by atoms with E-state index in [-0.39, 0.29) is 43.7 Å². The third kappa shape index (κ3) is 27.0. The van der Waals surface area contributed by atoms with Crippen molar-refractivity contribution in [2.24, 2.45) is 0 Å². The Labute approximate surface area is 522 Å². The zero-order chi connectivity index (χ0) is 66.2. The highest BCUT2D eigenvalue weighted by atomic mass is 19.1. The van der Waals surface area contributed by atoms with Crippen molar-refractivity contribution in [3.63, 3.8) is 0 Å². The number of aromatic nitrogens is 2. The summed E-state index contributed by atoms with van der Waals surface area (Å²) >= 11 is 0. The van der Waals surface area contributed by atoms with Gasteiger partial charge in [-0.15, -0.1) is 0 Å². The molecule has 0 saturated carbocycles. The van der Waals surface area contributed by atoms with Crippen LogP contribution in [0.5, 0.6) is 0 Å². The van der Waals surface area contributed by atoms with Gasteiger partial charge in [0.2, 0.25) is 0 Å². The molecule has 0 aliphatic heterocycles. The van der Waals surface area contributed by atoms with Crippen molar-refractivity contribution in [3.05, 3.63) is 239 Å². The van der Waals surface area contributed by atoms with Crippen LogP contribution in [0.25, 0.3) is 4.85 Å². The summed E-state index contributed by atoms with van der Waals surface area (Å²) in [4.78, 5) is 12.2. The molecule has 7 aromatic rings. The summed E-state index contributed by atoms with van der Waals surface area (Å²) in [6, 6.07) is 36.3. The molecule has 0 saturated heterocycles. The standard InChI is InChI=1S/C13H20.C12H17F.C12H15N.C12H18.C11H17N.C11H16.C10H15N/c1-9-7-12(13(4,5)6)8-10(2)11(9)3;1-8-6-10(12(3,4)5)7-11(13)9(8)2;1-9-6-7-10(12(2,3)4)8-11(9)13-5;1-9-6-7-11(8-10(9)2)12(3,4)5;1-8-6-10(11(3,4)5)12-7-9(8)2;1-9-5-7-10(8-6-9)11(2,3)4;1-8-5-6-9(7-11-8)10(2,3)4/h7-8H,1-6H3;6-7H,1-5H3;6-8H,1-4H3;6-8H,1-5H3;6-7H,1-5H3;5-8H,1-4H3;5-7H,1-4H3. The number of halogens is 1. The van der Waals surface area contributed by atoms with Gasteiger partial charge in [0, 0.05) is 29.2 Å². The zero-order valence-corrected chi connectivity index (χ0v) is 60.2. The van der Waals surface area contributed by atoms with E-state index in [2.05, 4.69) is 301 Å². The number of rotatable bonds is 0. The minimum absolute atomic E-state index is 0.0271. The maximum absolute atomic E-state index is 13.4. The molecule has 0 N–H and O–H groups in total. The van der Waals surface area contributed by atoms with Gasteiger partial charge in [0.05, 0.1) is 6.57 Å². The summed E-state index contributed by atoms with van der Waals surface area (Å²) in [7, 11) is 0. The lowest BCUT2D eigenvalue weighted by Gasteiger charge is -2.21. The number of aryl methyl sites for hydroxylation is 10. The predicted octanol–water partition coefficient (Wildman–Crippen LogP) is 24.1. The normalized spacial score (nSPS) is 11.6. The quantitative estimate of drug-likeness (QED) is 0.142. The van der Waals surface area contributed by atoms with E-state index in [0.717, 1.165) is 33.6 Å². The second kappa shape index (κ2) is 31.5. The average molecular weight is 1150 g/mol. The first-order valence-corrected chi connectivity index (χ1v) is 30.8. The Balaban J connectivity index is 0.000000496. The van der Waals surface area contributed by atoms with Crippen molar-refractivity contribution in [1.29, 1.82) is 0 Å². The van der Waals surface area contributed by atoms with Crippen molar-refractivity contribution >= 4 is 5.69 Å². The molecule has 5 aromatic carbocycles. The van der Waals surface area contributed by atoms with Gasteiger partial charge >= 0.3 is 0 Å². The summed E-state index contributed by atoms with van der Waals surface area (Å²) in [5, 5.41) is 0. The van der Waals surface area contributed by atoms with Gasteiger partial charge in [-0.1, -0.05) is 241 Å². The molecule has 0 unspecified atom stereocenters. The summed E-state index contributed by atoms with van der Waals surface area (Å²) in [5.74, 6) is -0.0927. The Hall–Kier alpha value is -6.18. The van der Waals surface area contributed by atoms with Gasteiger partial charge in [0.15, 0.2) is 5.69 Å². The Morgan fingerprint density at radius 2 is 0.671 bits per heavy atom. The van der Waals surface area contributed by atoms with Crippen LogP contribution in [-0.2, 0) is 37.9 Å². The first kappa shape index (κ1) is 76.8. The molecule has 4 heteroatoms. The molecule has 0 atom stereocenters. The van der Waals surface area contributed by atoms with Crippen LogP contribution in [0.2, 0.25) is 0 Å². The average Bonchev–Trinajstić information content (AvgIpc) is 3.57. The van der Waals surface area contributed by atoms with Gasteiger partial charge in [0.1, 0.15) is 5.82 Å². The summed E-state index contributed by atoms with van der Waals surface area (Å²) in [6.07, 6.45) is 3.91. The van der Waals surface area contributed by atoms with Gasteiger partial charge in [0.25, 0.3) is 0 Å². The maximum atomic E-state index is 13.4. The number of pyridine rings is 2. The van der Waals surface area contributed by atoms with Crippen LogP contribution in [0.1, 0.15) is 251 Å². The molecule has 0 fully saturated rings. The highest BCUT2D eigenvalue weighted by molar-refractivity contribution is 5.54. The van der Waals surface area contributed by atoms with Crippen LogP contribution in [0.3, 0.4) is 0 Å². The lowest BCUT2D eigenvalue weighted by atomic mass is 9.84. The molecular formula is C81H118FN3. The first-order valence-electron chi connectivity index (χ1n) is 30.8. The Kier molecular flexibility index (Phi) is 28.4. The second-order valence-corrected chi connectivity index (χ2v) is 31.0. The van der Waals surface area contributed by atoms with E-state index in [1.165, 1.54) is 78.0 Å². The number of hydrogen-bond donors (Lipinski definition) is 0. The smallest absolute Gasteiger partial charge is 0.190 e. The van der Waals surface area contributed by atoms with Crippen LogP contribution in [0.15, 0.2) is 116 Å². The van der Waals surface area contributed by atoms with Crippen molar-refractivity contribution < 1.29 is 4.39 Å². The predicted molar refractivity (Wildman–Crippen MR) is 375 cm³/mol. The molecule has 0 radical (unpaired) electrons. The number of benzene rings is 5. The Bertz CT molecular complexity index is 3010. The fourth-order valence-corrected chi connectivity index (χ4v) is 8.12. The first-order chi connectivity index (χ1) is 38.4. The van der Waals surface area contributed by atoms with E-state index < -0.39 is 0 Å². The third-order valence-electron chi connectivity index (χ3n) is 15.7. The molecule has 7 rings (SSSR count). The summed E-state index contributed by atoms with van der Waals surface area (Å²) < 4.78 is 13.4. The Morgan fingerprint density at radius 1 is 0.306 bits per heavy atom. The van der Waals surface area contributed by atoms with Crippen molar-refractivity contribution in [1.82, 2.24) is 9.97 Å². The highest BCUT2D eigenvalue weighted by Crippen LogP contribution is 2.31. The number of hydrogen-bond acceptors (Lipinski definition) is 2. The lowest BCUT2D eigenvalue weighted by molar-refractivity contribution is 0.567. The fraction of sp³-hybridized carbons (Fsp3) is 0.494. The minimum atomic E-state index is -0.0927. The van der Waals surface area contributed by atoms with E-state index in [9.17, 15) is 4.39 Å². The third-order valence-corrected chi connectivity index (χ3v) is 15.7. The van der Waals surface area contributed by atoms with E-state index >= 15 is 0 Å². The zero-order valence-electron chi connectivity index (χ0n) is 60.2. The molecule has 85 heavy (non-hydrogen) atoms. The van der Waals surface area contributed by atoms with Crippen LogP contribution in [-0.4, -0.2) is 9.97 Å². The molecule has 0 aliphatic carbocycles. The molecule has 0 bridgehead atoms. The van der Waals surface area contributed by atoms with Crippen LogP contribution < -0.4 is 0 Å². The van der Waals surface area contributed by atoms with Gasteiger partial charge in [-0.25, -0.2) is 9.24 Å². The monoisotopic (exact) mass is 1150 g/mol. The topological polar surface area (TPSA) is 30.1 Å². The van der Waals surface area contributed by atoms with Crippen LogP contribution in [0.4, 0.5) is 10.1 Å². The van der Waals surface area contributed by atoms with Gasteiger partial charge in [-0.3, -0.25) is 9.97 Å². The molecule has 0 spiro atoms. The van der Waals surface area contributed by atoms with Gasteiger partial charge < -0.3 is 0 Å². The molecule has 2 aromatic heterocycles. The SMILES string of the molecule is Cc1cc(C(C)(C)C)cc(C)c1C.Cc1cc(C(C)(C)C)cc(F)c1C.Cc1ccc(C(C)(C)C)cc1.Cc1ccc(C(C)(C)C)cc1C.Cc1ccc(C(C)(C)C)cn1.Cc1cnc(C(C)(C)C)cc1C.[C-]#[N+]c1cc(C(C)(C)C)ccc1C. The van der Waals surface area contributed by atoms with E-state index in [1.54, 1.807) is 6.07 Å². The molecule has 3 nitrogen and oxygen atoms in total. The van der Waals surface area contributed by atoms with Crippen LogP contribution >= 0.6 is 0 Å². The minimum Gasteiger partial charge on any atom is -0.261 e. The van der Waals surface area contributed by atoms with Gasteiger partial charge in [-0.2, -0.15) is 0 Å². The second-order valence-electron chi connectivity index (χ2n) is 31.0. The van der Waals surface area contributed by atoms with Gasteiger partial charge in [-0.05, 0) is 217 Å². The molecular weight excluding hydrogens is 1030 g/mol. The Morgan fingerprint density at radius 3 is 1.04 bits per heavy atom. The number of nitrogens with zero attached hydrogens (tertiary/aromatic N) is 3. The largest absolute Gasteiger partial charge is 0.261 e. The van der Waals surface area contributed by atoms with Crippen molar-refractivity contribution in [3.8, 4) is 0 Å². The molecule has 0 amide bonds. The lowest BCUT2D eigenvalue weighted by Crippen LogP contribution is -2.13. The molecule has 464 valence electrons. The maximum Gasteiger partial charge on any atom is 0.190 e. The van der Waals surface area contributed by atoms with E-state index in [4.69, 9.17) is 6.57 Å². The van der Waals surface area contributed by atoms with Crippen molar-refractivity contribution in [2.75, 3.05) is 0 Å². The van der Waals surface area contributed by atoms with Crippen LogP contribution in [0, 0.1) is 95.5 Å². The fourth-order valence-electron chi connectivity index (χ4n) is 8.12. The van der Waals surface area contributed by atoms with E-state index in [0.29, 0.717) is 0 Å². The summed E-state index contributed by atoms with van der Waals surface area (Å²) in [5.41, 5.74) is 26.0. The van der Waals surface area contributed by atoms with Crippen molar-refractivity contribution in [2.45, 2.75) is 266 Å². The van der Waals surface area contributed by atoms with E-state index in [1.807, 2.05) is 52.2 Å². The highest BCUT2D eigenvalue weighted by Gasteiger charge is 2.19. The molecule has 2 heterocycles.